The van der Waals surface area contributed by atoms with Crippen LogP contribution in [-0.4, -0.2) is 30.5 Å². The fourth-order valence-electron chi connectivity index (χ4n) is 2.18. The van der Waals surface area contributed by atoms with Crippen LogP contribution in [0.4, 0.5) is 14.5 Å². The monoisotopic (exact) mass is 368 g/mol. The molecule has 1 atom stereocenters. The van der Waals surface area contributed by atoms with Crippen molar-refractivity contribution in [2.45, 2.75) is 26.1 Å². The number of nitrogens with zero attached hydrogens (tertiary/aromatic N) is 1. The van der Waals surface area contributed by atoms with Gasteiger partial charge in [-0.05, 0) is 55.9 Å². The molecular weight excluding hydrogens is 350 g/mol. The molecule has 4 nitrogen and oxygen atoms in total. The van der Waals surface area contributed by atoms with E-state index in [2.05, 4.69) is 10.1 Å². The highest BCUT2D eigenvalue weighted by molar-refractivity contribution is 6.30. The van der Waals surface area contributed by atoms with Gasteiger partial charge in [-0.1, -0.05) is 23.7 Å². The summed E-state index contributed by atoms with van der Waals surface area (Å²) in [7, 11) is 1.82. The van der Waals surface area contributed by atoms with Crippen LogP contribution in [0.5, 0.6) is 5.75 Å². The number of nitrogens with one attached hydrogen (secondary N) is 1. The van der Waals surface area contributed by atoms with Crippen LogP contribution in [0.25, 0.3) is 0 Å². The molecule has 0 bridgehead atoms. The second-order valence-corrected chi connectivity index (χ2v) is 6.05. The minimum absolute atomic E-state index is 0.106. The molecule has 0 heterocycles. The summed E-state index contributed by atoms with van der Waals surface area (Å²) in [5.41, 5.74) is 1.55. The Morgan fingerprint density at radius 3 is 2.32 bits per heavy atom. The smallest absolute Gasteiger partial charge is 0.387 e. The van der Waals surface area contributed by atoms with Crippen molar-refractivity contribution in [3.63, 3.8) is 0 Å². The van der Waals surface area contributed by atoms with E-state index in [1.807, 2.05) is 11.9 Å². The van der Waals surface area contributed by atoms with Crippen molar-refractivity contribution in [3.8, 4) is 5.75 Å². The van der Waals surface area contributed by atoms with Crippen molar-refractivity contribution in [2.75, 3.05) is 12.4 Å². The Labute approximate surface area is 150 Å². The summed E-state index contributed by atoms with van der Waals surface area (Å²) < 4.78 is 28.6. The van der Waals surface area contributed by atoms with E-state index in [-0.39, 0.29) is 17.7 Å². The molecule has 1 unspecified atom stereocenters. The molecule has 0 aromatic heterocycles. The molecule has 0 aliphatic carbocycles. The molecule has 25 heavy (non-hydrogen) atoms. The first-order chi connectivity index (χ1) is 11.8. The summed E-state index contributed by atoms with van der Waals surface area (Å²) in [5.74, 6) is -0.0441. The zero-order valence-electron chi connectivity index (χ0n) is 13.9. The molecule has 1 amide bonds. The first-order valence-corrected chi connectivity index (χ1v) is 8.03. The van der Waals surface area contributed by atoms with Gasteiger partial charge in [-0.25, -0.2) is 0 Å². The lowest BCUT2D eigenvalue weighted by Gasteiger charge is -2.24. The van der Waals surface area contributed by atoms with Gasteiger partial charge < -0.3 is 10.1 Å². The fourth-order valence-corrected chi connectivity index (χ4v) is 2.31. The number of amides is 1. The van der Waals surface area contributed by atoms with E-state index in [1.165, 1.54) is 12.1 Å². The quantitative estimate of drug-likeness (QED) is 0.787. The summed E-state index contributed by atoms with van der Waals surface area (Å²) in [6.45, 7) is -0.561. The molecule has 0 fully saturated rings. The van der Waals surface area contributed by atoms with E-state index in [9.17, 15) is 13.6 Å². The van der Waals surface area contributed by atoms with E-state index in [4.69, 9.17) is 11.6 Å². The number of likely N-dealkylation sites (N-methyl/N-ethyl adjacent to an activating group) is 1. The van der Waals surface area contributed by atoms with Crippen molar-refractivity contribution in [1.29, 1.82) is 0 Å². The van der Waals surface area contributed by atoms with Gasteiger partial charge in [0, 0.05) is 17.3 Å². The number of hydrogen-bond donors (Lipinski definition) is 1. The molecular formula is C18H19ClF2N2O2. The van der Waals surface area contributed by atoms with Gasteiger partial charge in [-0.15, -0.1) is 0 Å². The van der Waals surface area contributed by atoms with E-state index < -0.39 is 6.61 Å². The number of halogens is 3. The van der Waals surface area contributed by atoms with Gasteiger partial charge in [-0.2, -0.15) is 8.78 Å². The number of benzene rings is 2. The summed E-state index contributed by atoms with van der Waals surface area (Å²) in [4.78, 5) is 14.2. The van der Waals surface area contributed by atoms with E-state index >= 15 is 0 Å². The first-order valence-electron chi connectivity index (χ1n) is 7.65. The fraction of sp³-hybridized carbons (Fsp3) is 0.278. The van der Waals surface area contributed by atoms with Crippen molar-refractivity contribution >= 4 is 23.2 Å². The van der Waals surface area contributed by atoms with Crippen LogP contribution in [0.2, 0.25) is 5.02 Å². The molecule has 0 radical (unpaired) electrons. The maximum atomic E-state index is 12.3. The predicted molar refractivity (Wildman–Crippen MR) is 94.1 cm³/mol. The molecule has 0 aliphatic heterocycles. The van der Waals surface area contributed by atoms with Gasteiger partial charge in [0.15, 0.2) is 0 Å². The van der Waals surface area contributed by atoms with Crippen LogP contribution in [0.1, 0.15) is 12.5 Å². The normalized spacial score (nSPS) is 12.3. The highest BCUT2D eigenvalue weighted by atomic mass is 35.5. The lowest BCUT2D eigenvalue weighted by atomic mass is 10.1. The molecule has 0 spiro atoms. The van der Waals surface area contributed by atoms with Gasteiger partial charge in [0.1, 0.15) is 5.75 Å². The Morgan fingerprint density at radius 2 is 1.76 bits per heavy atom. The maximum Gasteiger partial charge on any atom is 0.387 e. The van der Waals surface area contributed by atoms with Gasteiger partial charge in [0.05, 0.1) is 6.04 Å². The standard InChI is InChI=1S/C18H19ClF2N2O2/c1-12(17(24)22-15-7-5-14(19)6-8-15)23(2)11-13-3-9-16(10-4-13)25-18(20)21/h3-10,12,18H,11H2,1-2H3,(H,22,24). The molecule has 134 valence electrons. The second kappa shape index (κ2) is 8.78. The molecule has 1 N–H and O–H groups in total. The lowest BCUT2D eigenvalue weighted by Crippen LogP contribution is -2.39. The zero-order chi connectivity index (χ0) is 18.4. The third-order valence-corrected chi connectivity index (χ3v) is 3.98. The van der Waals surface area contributed by atoms with Crippen LogP contribution >= 0.6 is 11.6 Å². The number of hydrogen-bond acceptors (Lipinski definition) is 3. The zero-order valence-corrected chi connectivity index (χ0v) is 14.6. The summed E-state index contributed by atoms with van der Waals surface area (Å²) in [6, 6.07) is 12.8. The van der Waals surface area contributed by atoms with Crippen molar-refractivity contribution in [1.82, 2.24) is 4.90 Å². The van der Waals surface area contributed by atoms with Crippen LogP contribution in [0.3, 0.4) is 0 Å². The van der Waals surface area contributed by atoms with Crippen molar-refractivity contribution in [2.24, 2.45) is 0 Å². The largest absolute Gasteiger partial charge is 0.435 e. The minimum Gasteiger partial charge on any atom is -0.435 e. The SMILES string of the molecule is CC(C(=O)Nc1ccc(Cl)cc1)N(C)Cc1ccc(OC(F)F)cc1. The molecule has 0 aliphatic rings. The number of rotatable bonds is 7. The van der Waals surface area contributed by atoms with Crippen LogP contribution in [0.15, 0.2) is 48.5 Å². The lowest BCUT2D eigenvalue weighted by molar-refractivity contribution is -0.120. The molecule has 2 rings (SSSR count). The number of ether oxygens (including phenoxy) is 1. The Balaban J connectivity index is 1.91. The van der Waals surface area contributed by atoms with Crippen LogP contribution in [-0.2, 0) is 11.3 Å². The molecule has 0 saturated heterocycles. The third-order valence-electron chi connectivity index (χ3n) is 3.73. The maximum absolute atomic E-state index is 12.3. The van der Waals surface area contributed by atoms with Crippen LogP contribution in [0, 0.1) is 0 Å². The van der Waals surface area contributed by atoms with Gasteiger partial charge >= 0.3 is 6.61 Å². The summed E-state index contributed by atoms with van der Waals surface area (Å²) >= 11 is 5.82. The first kappa shape index (κ1) is 19.1. The number of alkyl halides is 2. The Bertz CT molecular complexity index is 693. The Morgan fingerprint density at radius 1 is 1.16 bits per heavy atom. The highest BCUT2D eigenvalue weighted by Gasteiger charge is 2.18. The Kier molecular flexibility index (Phi) is 6.73. The Hall–Kier alpha value is -2.18. The number of anilines is 1. The average Bonchev–Trinajstić information content (AvgIpc) is 2.57. The third kappa shape index (κ3) is 5.99. The molecule has 0 saturated carbocycles. The van der Waals surface area contributed by atoms with Gasteiger partial charge in [-0.3, -0.25) is 9.69 Å². The van der Waals surface area contributed by atoms with Crippen molar-refractivity contribution in [3.05, 3.63) is 59.1 Å². The minimum atomic E-state index is -2.84. The summed E-state index contributed by atoms with van der Waals surface area (Å²) in [6.07, 6.45) is 0. The second-order valence-electron chi connectivity index (χ2n) is 5.61. The average molecular weight is 369 g/mol. The van der Waals surface area contributed by atoms with Gasteiger partial charge in [0.2, 0.25) is 5.91 Å². The highest BCUT2D eigenvalue weighted by Crippen LogP contribution is 2.17. The van der Waals surface area contributed by atoms with E-state index in [1.54, 1.807) is 43.3 Å². The summed E-state index contributed by atoms with van der Waals surface area (Å²) in [5, 5.41) is 3.42. The van der Waals surface area contributed by atoms with Crippen LogP contribution < -0.4 is 10.1 Å². The molecule has 7 heteroatoms. The number of carbonyl (C=O) groups excluding carboxylic acids is 1. The van der Waals surface area contributed by atoms with Gasteiger partial charge in [0.25, 0.3) is 0 Å². The predicted octanol–water partition coefficient (Wildman–Crippen LogP) is 4.40. The van der Waals surface area contributed by atoms with E-state index in [0.29, 0.717) is 17.3 Å². The topological polar surface area (TPSA) is 41.6 Å². The van der Waals surface area contributed by atoms with Crippen molar-refractivity contribution < 1.29 is 18.3 Å². The molecule has 2 aromatic carbocycles. The van der Waals surface area contributed by atoms with E-state index in [0.717, 1.165) is 5.56 Å². The number of carbonyl (C=O) groups is 1. The molecule has 2 aromatic rings.